The van der Waals surface area contributed by atoms with Crippen LogP contribution in [0.1, 0.15) is 28.9 Å². The molecule has 3 aromatic heterocycles. The quantitative estimate of drug-likeness (QED) is 0.712. The lowest BCUT2D eigenvalue weighted by molar-refractivity contribution is 0.0690. The van der Waals surface area contributed by atoms with Crippen molar-refractivity contribution in [2.24, 2.45) is 13.0 Å². The molecule has 1 saturated heterocycles. The molecule has 1 amide bonds. The minimum atomic E-state index is 0.0701. The van der Waals surface area contributed by atoms with E-state index >= 15 is 0 Å². The zero-order valence-corrected chi connectivity index (χ0v) is 15.3. The van der Waals surface area contributed by atoms with E-state index in [1.165, 1.54) is 0 Å². The van der Waals surface area contributed by atoms with Crippen molar-refractivity contribution in [1.29, 1.82) is 0 Å². The minimum Gasteiger partial charge on any atom is -0.339 e. The molecule has 1 aliphatic rings. The number of pyridine rings is 1. The molecule has 1 aliphatic heterocycles. The highest BCUT2D eigenvalue weighted by Gasteiger charge is 2.24. The van der Waals surface area contributed by atoms with Crippen molar-refractivity contribution in [3.05, 3.63) is 60.6 Å². The third-order valence-electron chi connectivity index (χ3n) is 5.08. The highest BCUT2D eigenvalue weighted by Crippen LogP contribution is 2.23. The average molecular weight is 362 g/mol. The number of amides is 1. The molecule has 0 N–H and O–H groups in total. The summed E-state index contributed by atoms with van der Waals surface area (Å²) in [7, 11) is 1.96. The van der Waals surface area contributed by atoms with Gasteiger partial charge < -0.3 is 9.47 Å². The number of imidazole rings is 1. The predicted octanol–water partition coefficient (Wildman–Crippen LogP) is 2.37. The molecule has 27 heavy (non-hydrogen) atoms. The molecule has 0 bridgehead atoms. The first-order chi connectivity index (χ1) is 13.2. The topological polar surface area (TPSA) is 76.8 Å². The first-order valence-corrected chi connectivity index (χ1v) is 9.18. The standard InChI is InChI=1S/C20H22N6O/c1-25-10-7-22-19(25)18-12-17(23-14-24-18)11-15-4-8-26(9-5-15)20(27)16-3-2-6-21-13-16/h2-3,6-7,10,12-15H,4-5,8-9,11H2,1H3. The Kier molecular flexibility index (Phi) is 4.91. The lowest BCUT2D eigenvalue weighted by Crippen LogP contribution is -2.39. The smallest absolute Gasteiger partial charge is 0.255 e. The fourth-order valence-electron chi connectivity index (χ4n) is 3.55. The maximum atomic E-state index is 12.5. The Labute approximate surface area is 158 Å². The summed E-state index contributed by atoms with van der Waals surface area (Å²) in [6.45, 7) is 1.55. The molecule has 7 nitrogen and oxygen atoms in total. The van der Waals surface area contributed by atoms with E-state index in [2.05, 4.69) is 19.9 Å². The van der Waals surface area contributed by atoms with Gasteiger partial charge in [0.15, 0.2) is 5.82 Å². The number of carbonyl (C=O) groups is 1. The molecular formula is C20H22N6O. The second-order valence-corrected chi connectivity index (χ2v) is 6.94. The largest absolute Gasteiger partial charge is 0.339 e. The average Bonchev–Trinajstić information content (AvgIpc) is 3.15. The van der Waals surface area contributed by atoms with E-state index in [1.54, 1.807) is 31.0 Å². The maximum absolute atomic E-state index is 12.5. The summed E-state index contributed by atoms with van der Waals surface area (Å²) in [5.41, 5.74) is 2.53. The number of aromatic nitrogens is 5. The first kappa shape index (κ1) is 17.3. The molecule has 4 heterocycles. The van der Waals surface area contributed by atoms with Gasteiger partial charge in [-0.3, -0.25) is 9.78 Å². The fraction of sp³-hybridized carbons (Fsp3) is 0.350. The Morgan fingerprint density at radius 1 is 1.19 bits per heavy atom. The summed E-state index contributed by atoms with van der Waals surface area (Å²) in [4.78, 5) is 31.6. The van der Waals surface area contributed by atoms with Crippen molar-refractivity contribution in [2.75, 3.05) is 13.1 Å². The van der Waals surface area contributed by atoms with Gasteiger partial charge in [-0.25, -0.2) is 15.0 Å². The van der Waals surface area contributed by atoms with E-state index in [1.807, 2.05) is 34.8 Å². The van der Waals surface area contributed by atoms with Gasteiger partial charge in [0, 0.05) is 50.6 Å². The first-order valence-electron chi connectivity index (χ1n) is 9.18. The van der Waals surface area contributed by atoms with Gasteiger partial charge in [-0.15, -0.1) is 0 Å². The van der Waals surface area contributed by atoms with Crippen molar-refractivity contribution in [2.45, 2.75) is 19.3 Å². The lowest BCUT2D eigenvalue weighted by atomic mass is 9.91. The second-order valence-electron chi connectivity index (χ2n) is 6.94. The van der Waals surface area contributed by atoms with Crippen molar-refractivity contribution in [1.82, 2.24) is 29.4 Å². The molecule has 0 radical (unpaired) electrons. The number of carbonyl (C=O) groups excluding carboxylic acids is 1. The number of aryl methyl sites for hydroxylation is 1. The van der Waals surface area contributed by atoms with E-state index in [9.17, 15) is 4.79 Å². The van der Waals surface area contributed by atoms with Gasteiger partial charge in [0.2, 0.25) is 0 Å². The van der Waals surface area contributed by atoms with Crippen LogP contribution in [0.3, 0.4) is 0 Å². The van der Waals surface area contributed by atoms with Gasteiger partial charge in [0.25, 0.3) is 5.91 Å². The van der Waals surface area contributed by atoms with Crippen LogP contribution in [-0.4, -0.2) is 48.4 Å². The fourth-order valence-corrected chi connectivity index (χ4v) is 3.55. The van der Waals surface area contributed by atoms with Gasteiger partial charge >= 0.3 is 0 Å². The Hall–Kier alpha value is -3.09. The third kappa shape index (κ3) is 3.86. The van der Waals surface area contributed by atoms with Crippen LogP contribution in [0.5, 0.6) is 0 Å². The van der Waals surface area contributed by atoms with Gasteiger partial charge in [-0.2, -0.15) is 0 Å². The molecule has 0 spiro atoms. The molecule has 3 aromatic rings. The molecule has 0 saturated carbocycles. The molecule has 7 heteroatoms. The van der Waals surface area contributed by atoms with Crippen LogP contribution in [0.25, 0.3) is 11.5 Å². The zero-order valence-electron chi connectivity index (χ0n) is 15.3. The SMILES string of the molecule is Cn1ccnc1-c1cc(CC2CCN(C(=O)c3cccnc3)CC2)ncn1. The predicted molar refractivity (Wildman–Crippen MR) is 101 cm³/mol. The van der Waals surface area contributed by atoms with E-state index in [0.717, 1.165) is 49.6 Å². The number of rotatable bonds is 4. The summed E-state index contributed by atoms with van der Waals surface area (Å²) in [5, 5.41) is 0. The number of likely N-dealkylation sites (tertiary alicyclic amines) is 1. The van der Waals surface area contributed by atoms with E-state index < -0.39 is 0 Å². The van der Waals surface area contributed by atoms with Crippen molar-refractivity contribution in [3.8, 4) is 11.5 Å². The van der Waals surface area contributed by atoms with Gasteiger partial charge in [-0.1, -0.05) is 0 Å². The Morgan fingerprint density at radius 2 is 2.04 bits per heavy atom. The van der Waals surface area contributed by atoms with E-state index in [4.69, 9.17) is 0 Å². The lowest BCUT2D eigenvalue weighted by Gasteiger charge is -2.32. The van der Waals surface area contributed by atoms with Crippen LogP contribution < -0.4 is 0 Å². The normalized spacial score (nSPS) is 15.1. The van der Waals surface area contributed by atoms with Crippen LogP contribution >= 0.6 is 0 Å². The van der Waals surface area contributed by atoms with Crippen LogP contribution in [0.2, 0.25) is 0 Å². The number of hydrogen-bond donors (Lipinski definition) is 0. The molecule has 1 fully saturated rings. The van der Waals surface area contributed by atoms with Crippen LogP contribution in [0, 0.1) is 5.92 Å². The van der Waals surface area contributed by atoms with E-state index in [0.29, 0.717) is 11.5 Å². The highest BCUT2D eigenvalue weighted by molar-refractivity contribution is 5.93. The molecular weight excluding hydrogens is 340 g/mol. The van der Waals surface area contributed by atoms with Gasteiger partial charge in [0.05, 0.1) is 5.56 Å². The third-order valence-corrected chi connectivity index (χ3v) is 5.08. The van der Waals surface area contributed by atoms with E-state index in [-0.39, 0.29) is 5.91 Å². The van der Waals surface area contributed by atoms with Crippen molar-refractivity contribution in [3.63, 3.8) is 0 Å². The van der Waals surface area contributed by atoms with Gasteiger partial charge in [-0.05, 0) is 43.4 Å². The zero-order chi connectivity index (χ0) is 18.6. The second kappa shape index (κ2) is 7.65. The van der Waals surface area contributed by atoms with Crippen LogP contribution in [0.15, 0.2) is 49.3 Å². The molecule has 0 atom stereocenters. The monoisotopic (exact) mass is 362 g/mol. The molecule has 0 aliphatic carbocycles. The maximum Gasteiger partial charge on any atom is 0.255 e. The Morgan fingerprint density at radius 3 is 2.74 bits per heavy atom. The van der Waals surface area contributed by atoms with Crippen molar-refractivity contribution < 1.29 is 4.79 Å². The summed E-state index contributed by atoms with van der Waals surface area (Å²) >= 11 is 0. The molecule has 0 unspecified atom stereocenters. The Bertz CT molecular complexity index is 915. The minimum absolute atomic E-state index is 0.0701. The highest BCUT2D eigenvalue weighted by atomic mass is 16.2. The van der Waals surface area contributed by atoms with Crippen LogP contribution in [0.4, 0.5) is 0 Å². The number of nitrogens with zero attached hydrogens (tertiary/aromatic N) is 6. The van der Waals surface area contributed by atoms with Crippen LogP contribution in [-0.2, 0) is 13.5 Å². The number of hydrogen-bond acceptors (Lipinski definition) is 5. The summed E-state index contributed by atoms with van der Waals surface area (Å²) < 4.78 is 1.95. The van der Waals surface area contributed by atoms with Gasteiger partial charge in [0.1, 0.15) is 12.0 Å². The summed E-state index contributed by atoms with van der Waals surface area (Å²) in [6.07, 6.45) is 11.5. The summed E-state index contributed by atoms with van der Waals surface area (Å²) in [6, 6.07) is 5.64. The molecule has 0 aromatic carbocycles. The number of piperidine rings is 1. The molecule has 4 rings (SSSR count). The Balaban J connectivity index is 1.37. The van der Waals surface area contributed by atoms with Crippen molar-refractivity contribution >= 4 is 5.91 Å². The molecule has 138 valence electrons. The summed E-state index contributed by atoms with van der Waals surface area (Å²) in [5.74, 6) is 1.43.